The molecule has 0 amide bonds. The molecule has 0 N–H and O–H groups in total. The standard InChI is InChI=1S/C10H10BrFO2/c11-8-1-2-10(12)7(3-8)4-13-5-9-6-14-9/h1-3,9H,4-6H2/t9-/m0/s1. The molecule has 1 aliphatic heterocycles. The third-order valence-corrected chi connectivity index (χ3v) is 2.46. The van der Waals surface area contributed by atoms with E-state index in [0.29, 0.717) is 18.8 Å². The van der Waals surface area contributed by atoms with E-state index >= 15 is 0 Å². The second-order valence-electron chi connectivity index (χ2n) is 3.21. The molecule has 0 saturated carbocycles. The van der Waals surface area contributed by atoms with E-state index in [4.69, 9.17) is 9.47 Å². The van der Waals surface area contributed by atoms with Crippen molar-refractivity contribution in [1.29, 1.82) is 0 Å². The van der Waals surface area contributed by atoms with Gasteiger partial charge in [-0.15, -0.1) is 0 Å². The zero-order valence-electron chi connectivity index (χ0n) is 7.50. The maximum absolute atomic E-state index is 13.2. The normalized spacial score (nSPS) is 19.7. The first-order chi connectivity index (χ1) is 6.75. The van der Waals surface area contributed by atoms with Crippen LogP contribution < -0.4 is 0 Å². The van der Waals surface area contributed by atoms with Gasteiger partial charge in [0.05, 0.1) is 19.8 Å². The minimum atomic E-state index is -0.232. The summed E-state index contributed by atoms with van der Waals surface area (Å²) >= 11 is 3.28. The van der Waals surface area contributed by atoms with Gasteiger partial charge >= 0.3 is 0 Å². The minimum absolute atomic E-state index is 0.227. The van der Waals surface area contributed by atoms with Crippen LogP contribution in [0.1, 0.15) is 5.56 Å². The van der Waals surface area contributed by atoms with E-state index in [2.05, 4.69) is 15.9 Å². The molecule has 0 aliphatic carbocycles. The maximum atomic E-state index is 13.2. The topological polar surface area (TPSA) is 21.8 Å². The molecule has 0 bridgehead atoms. The number of hydrogen-bond acceptors (Lipinski definition) is 2. The van der Waals surface area contributed by atoms with E-state index in [1.54, 1.807) is 12.1 Å². The molecular weight excluding hydrogens is 251 g/mol. The molecule has 1 atom stereocenters. The molecule has 4 heteroatoms. The Morgan fingerprint density at radius 1 is 1.57 bits per heavy atom. The fraction of sp³-hybridized carbons (Fsp3) is 0.400. The van der Waals surface area contributed by atoms with Crippen LogP contribution in [-0.2, 0) is 16.1 Å². The van der Waals surface area contributed by atoms with Crippen molar-refractivity contribution >= 4 is 15.9 Å². The van der Waals surface area contributed by atoms with Crippen LogP contribution in [-0.4, -0.2) is 19.3 Å². The van der Waals surface area contributed by atoms with Crippen LogP contribution in [0.5, 0.6) is 0 Å². The van der Waals surface area contributed by atoms with E-state index in [0.717, 1.165) is 11.1 Å². The zero-order valence-corrected chi connectivity index (χ0v) is 9.09. The minimum Gasteiger partial charge on any atom is -0.374 e. The molecule has 0 radical (unpaired) electrons. The summed E-state index contributed by atoms with van der Waals surface area (Å²) in [5.74, 6) is -0.232. The Labute approximate surface area is 90.1 Å². The molecule has 0 unspecified atom stereocenters. The van der Waals surface area contributed by atoms with E-state index < -0.39 is 0 Å². The number of halogens is 2. The molecule has 14 heavy (non-hydrogen) atoms. The van der Waals surface area contributed by atoms with Gasteiger partial charge in [-0.3, -0.25) is 0 Å². The van der Waals surface area contributed by atoms with Crippen LogP contribution in [0, 0.1) is 5.82 Å². The Hall–Kier alpha value is -0.450. The molecule has 1 fully saturated rings. The number of ether oxygens (including phenoxy) is 2. The third kappa shape index (κ3) is 2.77. The zero-order chi connectivity index (χ0) is 9.97. The summed E-state index contributed by atoms with van der Waals surface area (Å²) in [6.07, 6.45) is 0.227. The number of hydrogen-bond donors (Lipinski definition) is 0. The van der Waals surface area contributed by atoms with Crippen molar-refractivity contribution in [2.75, 3.05) is 13.2 Å². The van der Waals surface area contributed by atoms with E-state index in [1.165, 1.54) is 6.07 Å². The first-order valence-corrected chi connectivity index (χ1v) is 5.18. The Morgan fingerprint density at radius 2 is 2.36 bits per heavy atom. The summed E-state index contributed by atoms with van der Waals surface area (Å²) in [6, 6.07) is 4.82. The van der Waals surface area contributed by atoms with Crippen LogP contribution in [0.2, 0.25) is 0 Å². The van der Waals surface area contributed by atoms with Crippen LogP contribution >= 0.6 is 15.9 Å². The van der Waals surface area contributed by atoms with Crippen molar-refractivity contribution in [2.24, 2.45) is 0 Å². The highest BCUT2D eigenvalue weighted by molar-refractivity contribution is 9.10. The smallest absolute Gasteiger partial charge is 0.128 e. The third-order valence-electron chi connectivity index (χ3n) is 1.97. The molecule has 2 rings (SSSR count). The molecule has 0 aromatic heterocycles. The van der Waals surface area contributed by atoms with Crippen LogP contribution in [0.25, 0.3) is 0 Å². The quantitative estimate of drug-likeness (QED) is 0.777. The van der Waals surface area contributed by atoms with Gasteiger partial charge in [-0.25, -0.2) is 4.39 Å². The molecule has 1 aromatic rings. The molecular formula is C10H10BrFO2. The van der Waals surface area contributed by atoms with Gasteiger partial charge in [0.15, 0.2) is 0 Å². The molecule has 2 nitrogen and oxygen atoms in total. The van der Waals surface area contributed by atoms with Crippen molar-refractivity contribution in [3.05, 3.63) is 34.1 Å². The summed E-state index contributed by atoms with van der Waals surface area (Å²) in [5, 5.41) is 0. The number of rotatable bonds is 4. The molecule has 1 heterocycles. The van der Waals surface area contributed by atoms with Gasteiger partial charge in [-0.2, -0.15) is 0 Å². The summed E-state index contributed by atoms with van der Waals surface area (Å²) < 4.78 is 24.3. The average Bonchev–Trinajstić information content (AvgIpc) is 2.95. The molecule has 1 aliphatic rings. The SMILES string of the molecule is Fc1ccc(Br)cc1COC[C@H]1CO1. The molecule has 76 valence electrons. The van der Waals surface area contributed by atoms with E-state index in [9.17, 15) is 4.39 Å². The van der Waals surface area contributed by atoms with Crippen molar-refractivity contribution in [3.8, 4) is 0 Å². The van der Waals surface area contributed by atoms with Crippen LogP contribution in [0.15, 0.2) is 22.7 Å². The van der Waals surface area contributed by atoms with Crippen LogP contribution in [0.3, 0.4) is 0 Å². The summed E-state index contributed by atoms with van der Waals surface area (Å²) in [5.41, 5.74) is 0.569. The molecule has 0 spiro atoms. The molecule has 1 aromatic carbocycles. The number of epoxide rings is 1. The maximum Gasteiger partial charge on any atom is 0.128 e. The fourth-order valence-corrected chi connectivity index (χ4v) is 1.53. The summed E-state index contributed by atoms with van der Waals surface area (Å²) in [6.45, 7) is 1.61. The van der Waals surface area contributed by atoms with Crippen molar-refractivity contribution in [1.82, 2.24) is 0 Å². The predicted octanol–water partition coefficient (Wildman–Crippen LogP) is 2.50. The first-order valence-electron chi connectivity index (χ1n) is 4.39. The second-order valence-corrected chi connectivity index (χ2v) is 4.12. The van der Waals surface area contributed by atoms with Gasteiger partial charge in [-0.05, 0) is 18.2 Å². The van der Waals surface area contributed by atoms with Gasteiger partial charge in [0.2, 0.25) is 0 Å². The van der Waals surface area contributed by atoms with Gasteiger partial charge in [-0.1, -0.05) is 15.9 Å². The Balaban J connectivity index is 1.89. The summed E-state index contributed by atoms with van der Waals surface area (Å²) in [7, 11) is 0. The lowest BCUT2D eigenvalue weighted by atomic mass is 10.2. The highest BCUT2D eigenvalue weighted by atomic mass is 79.9. The largest absolute Gasteiger partial charge is 0.374 e. The van der Waals surface area contributed by atoms with Crippen molar-refractivity contribution < 1.29 is 13.9 Å². The predicted molar refractivity (Wildman–Crippen MR) is 53.5 cm³/mol. The van der Waals surface area contributed by atoms with Crippen molar-refractivity contribution in [2.45, 2.75) is 12.7 Å². The second kappa shape index (κ2) is 4.38. The lowest BCUT2D eigenvalue weighted by Crippen LogP contribution is -2.02. The fourth-order valence-electron chi connectivity index (χ4n) is 1.12. The van der Waals surface area contributed by atoms with Crippen LogP contribution in [0.4, 0.5) is 4.39 Å². The Bertz CT molecular complexity index is 326. The number of benzene rings is 1. The average molecular weight is 261 g/mol. The lowest BCUT2D eigenvalue weighted by Gasteiger charge is -2.04. The van der Waals surface area contributed by atoms with Gasteiger partial charge < -0.3 is 9.47 Å². The lowest BCUT2D eigenvalue weighted by molar-refractivity contribution is 0.102. The van der Waals surface area contributed by atoms with E-state index in [1.807, 2.05) is 0 Å². The highest BCUT2D eigenvalue weighted by Crippen LogP contribution is 2.17. The molecule has 1 saturated heterocycles. The monoisotopic (exact) mass is 260 g/mol. The van der Waals surface area contributed by atoms with Crippen molar-refractivity contribution in [3.63, 3.8) is 0 Å². The Morgan fingerprint density at radius 3 is 3.07 bits per heavy atom. The van der Waals surface area contributed by atoms with Gasteiger partial charge in [0.1, 0.15) is 11.9 Å². The van der Waals surface area contributed by atoms with Gasteiger partial charge in [0, 0.05) is 10.0 Å². The van der Waals surface area contributed by atoms with Gasteiger partial charge in [0.25, 0.3) is 0 Å². The summed E-state index contributed by atoms with van der Waals surface area (Å²) in [4.78, 5) is 0. The van der Waals surface area contributed by atoms with E-state index in [-0.39, 0.29) is 11.9 Å². The Kier molecular flexibility index (Phi) is 3.15. The highest BCUT2D eigenvalue weighted by Gasteiger charge is 2.22. The first kappa shape index (κ1) is 10.1.